The SMILES string of the molecule is CC(C)(C)c1ccc2nc(CCCCN(CC3CCC(n4ccc5c(NC6CC6)ncnc54)C3)S(C)(=O)=O)[nH]c2c1. The molecule has 10 heteroatoms. The zero-order valence-corrected chi connectivity index (χ0v) is 25.5. The van der Waals surface area contributed by atoms with Crippen LogP contribution in [0.5, 0.6) is 0 Å². The average Bonchev–Trinajstić information content (AvgIpc) is 3.27. The molecular formula is C31H43N7O2S. The molecule has 1 aromatic carbocycles. The minimum atomic E-state index is -3.28. The van der Waals surface area contributed by atoms with Crippen LogP contribution in [0, 0.1) is 5.92 Å². The van der Waals surface area contributed by atoms with Gasteiger partial charge in [-0.2, -0.15) is 0 Å². The van der Waals surface area contributed by atoms with Gasteiger partial charge >= 0.3 is 0 Å². The maximum atomic E-state index is 12.7. The van der Waals surface area contributed by atoms with Gasteiger partial charge in [0.05, 0.1) is 22.7 Å². The number of hydrogen-bond donors (Lipinski definition) is 2. The molecule has 2 aliphatic rings. The Balaban J connectivity index is 1.04. The van der Waals surface area contributed by atoms with Crippen molar-refractivity contribution >= 4 is 37.9 Å². The van der Waals surface area contributed by atoms with Gasteiger partial charge in [0.2, 0.25) is 10.0 Å². The Morgan fingerprint density at radius 2 is 1.93 bits per heavy atom. The fourth-order valence-corrected chi connectivity index (χ4v) is 7.12. The zero-order chi connectivity index (χ0) is 28.8. The van der Waals surface area contributed by atoms with Crippen LogP contribution in [0.25, 0.3) is 22.1 Å². The van der Waals surface area contributed by atoms with Gasteiger partial charge in [-0.15, -0.1) is 0 Å². The molecule has 41 heavy (non-hydrogen) atoms. The van der Waals surface area contributed by atoms with Crippen molar-refractivity contribution in [2.45, 2.75) is 89.6 Å². The van der Waals surface area contributed by atoms with Gasteiger partial charge in [0.25, 0.3) is 0 Å². The molecule has 2 aliphatic carbocycles. The molecule has 2 unspecified atom stereocenters. The molecule has 0 radical (unpaired) electrons. The van der Waals surface area contributed by atoms with Gasteiger partial charge in [0.15, 0.2) is 0 Å². The molecule has 3 aromatic heterocycles. The second kappa shape index (κ2) is 11.0. The third-order valence-corrected chi connectivity index (χ3v) is 10.0. The summed E-state index contributed by atoms with van der Waals surface area (Å²) in [6.45, 7) is 7.77. The summed E-state index contributed by atoms with van der Waals surface area (Å²) in [7, 11) is -3.28. The fourth-order valence-electron chi connectivity index (χ4n) is 6.18. The van der Waals surface area contributed by atoms with Crippen LogP contribution < -0.4 is 5.32 Å². The van der Waals surface area contributed by atoms with Crippen LogP contribution in [0.4, 0.5) is 5.82 Å². The van der Waals surface area contributed by atoms with E-state index in [1.54, 1.807) is 10.6 Å². The maximum absolute atomic E-state index is 12.7. The number of aryl methyl sites for hydroxylation is 1. The van der Waals surface area contributed by atoms with E-state index in [-0.39, 0.29) is 5.41 Å². The highest BCUT2D eigenvalue weighted by Gasteiger charge is 2.31. The predicted molar refractivity (Wildman–Crippen MR) is 165 cm³/mol. The number of aromatic nitrogens is 5. The molecule has 2 N–H and O–H groups in total. The van der Waals surface area contributed by atoms with Crippen molar-refractivity contribution in [3.05, 3.63) is 48.2 Å². The lowest BCUT2D eigenvalue weighted by Gasteiger charge is -2.23. The highest BCUT2D eigenvalue weighted by molar-refractivity contribution is 7.88. The quantitative estimate of drug-likeness (QED) is 0.218. The summed E-state index contributed by atoms with van der Waals surface area (Å²) in [6.07, 6.45) is 13.0. The Morgan fingerprint density at radius 3 is 2.68 bits per heavy atom. The molecule has 4 aromatic rings. The maximum Gasteiger partial charge on any atom is 0.211 e. The Morgan fingerprint density at radius 1 is 1.10 bits per heavy atom. The van der Waals surface area contributed by atoms with E-state index < -0.39 is 10.0 Å². The van der Waals surface area contributed by atoms with E-state index in [4.69, 9.17) is 4.98 Å². The smallest absolute Gasteiger partial charge is 0.211 e. The number of benzene rings is 1. The number of nitrogens with one attached hydrogen (secondary N) is 2. The minimum absolute atomic E-state index is 0.0918. The third-order valence-electron chi connectivity index (χ3n) is 8.73. The lowest BCUT2D eigenvalue weighted by atomic mass is 9.87. The van der Waals surface area contributed by atoms with Crippen LogP contribution in [0.1, 0.15) is 83.1 Å². The molecule has 0 amide bonds. The molecule has 0 saturated heterocycles. The van der Waals surface area contributed by atoms with Crippen molar-refractivity contribution in [3.63, 3.8) is 0 Å². The number of H-pyrrole nitrogens is 1. The Bertz CT molecular complexity index is 1630. The van der Waals surface area contributed by atoms with Crippen LogP contribution >= 0.6 is 0 Å². The van der Waals surface area contributed by atoms with E-state index in [2.05, 4.69) is 76.1 Å². The third kappa shape index (κ3) is 6.43. The predicted octanol–water partition coefficient (Wildman–Crippen LogP) is 5.81. The van der Waals surface area contributed by atoms with E-state index in [0.717, 1.165) is 72.2 Å². The number of aromatic amines is 1. The number of rotatable bonds is 11. The normalized spacial score (nSPS) is 20.0. The van der Waals surface area contributed by atoms with Crippen molar-refractivity contribution < 1.29 is 8.42 Å². The van der Waals surface area contributed by atoms with Crippen LogP contribution in [-0.2, 0) is 21.9 Å². The van der Waals surface area contributed by atoms with Gasteiger partial charge in [0.1, 0.15) is 23.6 Å². The molecule has 0 bridgehead atoms. The monoisotopic (exact) mass is 577 g/mol. The number of fused-ring (bicyclic) bond motifs is 2. The molecule has 6 rings (SSSR count). The number of anilines is 1. The highest BCUT2D eigenvalue weighted by atomic mass is 32.2. The van der Waals surface area contributed by atoms with E-state index >= 15 is 0 Å². The number of unbranched alkanes of at least 4 members (excludes halogenated alkanes) is 1. The average molecular weight is 578 g/mol. The molecular weight excluding hydrogens is 534 g/mol. The second-order valence-electron chi connectivity index (χ2n) is 13.2. The van der Waals surface area contributed by atoms with Crippen LogP contribution in [0.2, 0.25) is 0 Å². The first-order valence-electron chi connectivity index (χ1n) is 15.1. The van der Waals surface area contributed by atoms with E-state index in [9.17, 15) is 8.42 Å². The van der Waals surface area contributed by atoms with Gasteiger partial charge < -0.3 is 14.9 Å². The van der Waals surface area contributed by atoms with Crippen LogP contribution in [-0.4, -0.2) is 62.6 Å². The molecule has 9 nitrogen and oxygen atoms in total. The first-order chi connectivity index (χ1) is 19.5. The molecule has 2 saturated carbocycles. The van der Waals surface area contributed by atoms with Crippen molar-refractivity contribution in [2.24, 2.45) is 5.92 Å². The minimum Gasteiger partial charge on any atom is -0.367 e. The summed E-state index contributed by atoms with van der Waals surface area (Å²) in [5.41, 5.74) is 4.40. The second-order valence-corrected chi connectivity index (χ2v) is 15.2. The number of nitrogens with zero attached hydrogens (tertiary/aromatic N) is 5. The number of sulfonamides is 1. The standard InChI is InChI=1S/C31H43N7O2S/c1-31(2,3)22-9-13-26-27(18-22)36-28(35-26)7-5-6-15-37(41(4,39)40)19-21-8-12-24(17-21)38-16-14-25-29(34-23-10-11-23)32-20-33-30(25)38/h9,13-14,16,18,20-21,23-24H,5-8,10-12,15,17,19H2,1-4H3,(H,35,36)(H,32,33,34). The summed E-state index contributed by atoms with van der Waals surface area (Å²) >= 11 is 0. The van der Waals surface area contributed by atoms with E-state index in [0.29, 0.717) is 31.1 Å². The first-order valence-corrected chi connectivity index (χ1v) is 16.9. The topological polar surface area (TPSA) is 109 Å². The summed E-state index contributed by atoms with van der Waals surface area (Å²) in [6, 6.07) is 9.41. The lowest BCUT2D eigenvalue weighted by Crippen LogP contribution is -2.35. The van der Waals surface area contributed by atoms with Gasteiger partial charge in [-0.05, 0) is 80.0 Å². The van der Waals surface area contributed by atoms with E-state index in [1.807, 2.05) is 0 Å². The molecule has 2 fully saturated rings. The summed E-state index contributed by atoms with van der Waals surface area (Å²) in [4.78, 5) is 17.3. The number of hydrogen-bond acceptors (Lipinski definition) is 6. The van der Waals surface area contributed by atoms with E-state index in [1.165, 1.54) is 24.7 Å². The molecule has 2 atom stereocenters. The summed E-state index contributed by atoms with van der Waals surface area (Å²) in [5.74, 6) is 2.23. The molecule has 220 valence electrons. The van der Waals surface area contributed by atoms with Crippen molar-refractivity contribution in [3.8, 4) is 0 Å². The van der Waals surface area contributed by atoms with Gasteiger partial charge in [-0.1, -0.05) is 26.8 Å². The molecule has 0 aliphatic heterocycles. The van der Waals surface area contributed by atoms with Crippen LogP contribution in [0.15, 0.2) is 36.8 Å². The zero-order valence-electron chi connectivity index (χ0n) is 24.7. The highest BCUT2D eigenvalue weighted by Crippen LogP contribution is 2.38. The van der Waals surface area contributed by atoms with Crippen molar-refractivity contribution in [2.75, 3.05) is 24.7 Å². The van der Waals surface area contributed by atoms with Gasteiger partial charge in [-0.3, -0.25) is 0 Å². The Kier molecular flexibility index (Phi) is 7.57. The van der Waals surface area contributed by atoms with Crippen molar-refractivity contribution in [1.82, 2.24) is 28.8 Å². The first kappa shape index (κ1) is 28.2. The Hall–Kier alpha value is -2.98. The van der Waals surface area contributed by atoms with Crippen molar-refractivity contribution in [1.29, 1.82) is 0 Å². The van der Waals surface area contributed by atoms with Gasteiger partial charge in [-0.25, -0.2) is 27.7 Å². The van der Waals surface area contributed by atoms with Crippen LogP contribution in [0.3, 0.4) is 0 Å². The summed E-state index contributed by atoms with van der Waals surface area (Å²) < 4.78 is 29.4. The molecule has 0 spiro atoms. The summed E-state index contributed by atoms with van der Waals surface area (Å²) in [5, 5.41) is 4.59. The molecule has 3 heterocycles. The van der Waals surface area contributed by atoms with Gasteiger partial charge in [0, 0.05) is 37.8 Å². The number of imidazole rings is 1. The largest absolute Gasteiger partial charge is 0.367 e. The fraction of sp³-hybridized carbons (Fsp3) is 0.581. The Labute approximate surface area is 243 Å². The lowest BCUT2D eigenvalue weighted by molar-refractivity contribution is 0.334.